The first-order valence-electron chi connectivity index (χ1n) is 5.18. The minimum absolute atomic E-state index is 0.155. The van der Waals surface area contributed by atoms with Gasteiger partial charge in [-0.05, 0) is 31.4 Å². The summed E-state index contributed by atoms with van der Waals surface area (Å²) in [6.45, 7) is 2.26. The summed E-state index contributed by atoms with van der Waals surface area (Å²) < 4.78 is 19.2. The zero-order chi connectivity index (χ0) is 11.1. The topological polar surface area (TPSA) is 35.2 Å². The van der Waals surface area contributed by atoms with E-state index in [4.69, 9.17) is 10.5 Å². The van der Waals surface area contributed by atoms with Gasteiger partial charge in [-0.1, -0.05) is 6.07 Å². The number of methoxy groups -OCH3 is 1. The molecular formula is C12H16FNO. The van der Waals surface area contributed by atoms with Gasteiger partial charge in [0.25, 0.3) is 0 Å². The molecule has 0 aromatic heterocycles. The van der Waals surface area contributed by atoms with Crippen LogP contribution >= 0.6 is 0 Å². The molecule has 0 bridgehead atoms. The molecule has 1 aliphatic rings. The van der Waals surface area contributed by atoms with E-state index in [0.29, 0.717) is 23.4 Å². The Kier molecular flexibility index (Phi) is 2.43. The first kappa shape index (κ1) is 10.4. The second-order valence-corrected chi connectivity index (χ2v) is 4.26. The predicted molar refractivity (Wildman–Crippen MR) is 57.7 cm³/mol. The maximum Gasteiger partial charge on any atom is 0.133 e. The molecule has 2 rings (SSSR count). The van der Waals surface area contributed by atoms with E-state index < -0.39 is 0 Å². The van der Waals surface area contributed by atoms with Crippen LogP contribution in [0, 0.1) is 12.7 Å². The quantitative estimate of drug-likeness (QED) is 0.827. The summed E-state index contributed by atoms with van der Waals surface area (Å²) in [5.41, 5.74) is 6.89. The molecule has 0 unspecified atom stereocenters. The van der Waals surface area contributed by atoms with E-state index in [1.165, 1.54) is 0 Å². The van der Waals surface area contributed by atoms with Gasteiger partial charge in [0.15, 0.2) is 0 Å². The second-order valence-electron chi connectivity index (χ2n) is 4.26. The average Bonchev–Trinajstić information content (AvgIpc) is 3.02. The molecule has 2 nitrogen and oxygen atoms in total. The van der Waals surface area contributed by atoms with Gasteiger partial charge >= 0.3 is 0 Å². The number of aryl methyl sites for hydroxylation is 1. The number of nitrogens with two attached hydrogens (primary N) is 1. The lowest BCUT2D eigenvalue weighted by molar-refractivity contribution is 0.396. The Balaban J connectivity index is 2.57. The zero-order valence-corrected chi connectivity index (χ0v) is 9.14. The van der Waals surface area contributed by atoms with E-state index >= 15 is 0 Å². The molecule has 0 atom stereocenters. The number of halogens is 1. The van der Waals surface area contributed by atoms with Crippen molar-refractivity contribution in [1.82, 2.24) is 0 Å². The standard InChI is InChI=1S/C12H16FNO/c1-8-3-4-9(15-2)10(11(8)13)12(7-14)5-6-12/h3-4H,5-7,14H2,1-2H3. The van der Waals surface area contributed by atoms with Crippen molar-refractivity contribution in [2.75, 3.05) is 13.7 Å². The molecule has 1 aromatic carbocycles. The van der Waals surface area contributed by atoms with Crippen LogP contribution in [0.5, 0.6) is 5.75 Å². The van der Waals surface area contributed by atoms with Crippen LogP contribution in [0.3, 0.4) is 0 Å². The summed E-state index contributed by atoms with van der Waals surface area (Å²) in [5, 5.41) is 0. The average molecular weight is 209 g/mol. The monoisotopic (exact) mass is 209 g/mol. The number of rotatable bonds is 3. The van der Waals surface area contributed by atoms with E-state index in [9.17, 15) is 4.39 Å². The van der Waals surface area contributed by atoms with E-state index in [2.05, 4.69) is 0 Å². The third-order valence-corrected chi connectivity index (χ3v) is 3.29. The molecule has 15 heavy (non-hydrogen) atoms. The van der Waals surface area contributed by atoms with Crippen molar-refractivity contribution in [3.05, 3.63) is 29.1 Å². The van der Waals surface area contributed by atoms with E-state index in [0.717, 1.165) is 12.8 Å². The van der Waals surface area contributed by atoms with Crippen LogP contribution in [0.4, 0.5) is 4.39 Å². The van der Waals surface area contributed by atoms with Crippen molar-refractivity contribution in [3.8, 4) is 5.75 Å². The summed E-state index contributed by atoms with van der Waals surface area (Å²) in [6, 6.07) is 3.56. The molecule has 0 aliphatic heterocycles. The van der Waals surface area contributed by atoms with Crippen LogP contribution in [0.1, 0.15) is 24.0 Å². The van der Waals surface area contributed by atoms with Crippen molar-refractivity contribution in [2.45, 2.75) is 25.2 Å². The van der Waals surface area contributed by atoms with Gasteiger partial charge in [-0.15, -0.1) is 0 Å². The van der Waals surface area contributed by atoms with E-state index in [1.807, 2.05) is 6.07 Å². The number of hydrogen-bond acceptors (Lipinski definition) is 2. The van der Waals surface area contributed by atoms with Crippen molar-refractivity contribution < 1.29 is 9.13 Å². The van der Waals surface area contributed by atoms with Crippen LogP contribution < -0.4 is 10.5 Å². The maximum atomic E-state index is 14.0. The maximum absolute atomic E-state index is 14.0. The fourth-order valence-corrected chi connectivity index (χ4v) is 2.03. The Morgan fingerprint density at radius 3 is 2.60 bits per heavy atom. The van der Waals surface area contributed by atoms with Crippen LogP contribution in [-0.2, 0) is 5.41 Å². The van der Waals surface area contributed by atoms with Crippen LogP contribution in [0.2, 0.25) is 0 Å². The van der Waals surface area contributed by atoms with Gasteiger partial charge < -0.3 is 10.5 Å². The highest BCUT2D eigenvalue weighted by Gasteiger charge is 2.47. The molecule has 1 aromatic rings. The van der Waals surface area contributed by atoms with Gasteiger partial charge in [0.2, 0.25) is 0 Å². The second kappa shape index (κ2) is 3.49. The Bertz CT molecular complexity index is 385. The van der Waals surface area contributed by atoms with Crippen molar-refractivity contribution in [1.29, 1.82) is 0 Å². The number of ether oxygens (including phenoxy) is 1. The first-order valence-corrected chi connectivity index (χ1v) is 5.18. The molecular weight excluding hydrogens is 193 g/mol. The zero-order valence-electron chi connectivity index (χ0n) is 9.14. The largest absolute Gasteiger partial charge is 0.496 e. The highest BCUT2D eigenvalue weighted by molar-refractivity contribution is 5.47. The highest BCUT2D eigenvalue weighted by atomic mass is 19.1. The van der Waals surface area contributed by atoms with Gasteiger partial charge in [0.05, 0.1) is 7.11 Å². The summed E-state index contributed by atoms with van der Waals surface area (Å²) in [5.74, 6) is 0.471. The molecule has 2 N–H and O–H groups in total. The lowest BCUT2D eigenvalue weighted by atomic mass is 9.93. The first-order chi connectivity index (χ1) is 7.14. The normalized spacial score (nSPS) is 17.6. The van der Waals surface area contributed by atoms with Gasteiger partial charge in [-0.25, -0.2) is 4.39 Å². The van der Waals surface area contributed by atoms with Crippen LogP contribution in [0.25, 0.3) is 0 Å². The summed E-state index contributed by atoms with van der Waals surface area (Å²) >= 11 is 0. The third kappa shape index (κ3) is 1.51. The lowest BCUT2D eigenvalue weighted by Crippen LogP contribution is -2.22. The Hall–Kier alpha value is -1.09. The van der Waals surface area contributed by atoms with Gasteiger partial charge in [0.1, 0.15) is 11.6 Å². The van der Waals surface area contributed by atoms with Gasteiger partial charge in [-0.3, -0.25) is 0 Å². The Labute approximate surface area is 89.2 Å². The van der Waals surface area contributed by atoms with E-state index in [-0.39, 0.29) is 11.2 Å². The SMILES string of the molecule is COc1ccc(C)c(F)c1C1(CN)CC1. The fourth-order valence-electron chi connectivity index (χ4n) is 2.03. The number of hydrogen-bond donors (Lipinski definition) is 1. The molecule has 82 valence electrons. The summed E-state index contributed by atoms with van der Waals surface area (Å²) in [7, 11) is 1.57. The molecule has 1 saturated carbocycles. The molecule has 0 radical (unpaired) electrons. The smallest absolute Gasteiger partial charge is 0.133 e. The van der Waals surface area contributed by atoms with Crippen molar-refractivity contribution >= 4 is 0 Å². The Morgan fingerprint density at radius 1 is 1.47 bits per heavy atom. The predicted octanol–water partition coefficient (Wildman–Crippen LogP) is 2.13. The van der Waals surface area contributed by atoms with Gasteiger partial charge in [-0.2, -0.15) is 0 Å². The van der Waals surface area contributed by atoms with Crippen molar-refractivity contribution in [3.63, 3.8) is 0 Å². The molecule has 3 heteroatoms. The van der Waals surface area contributed by atoms with E-state index in [1.54, 1.807) is 20.1 Å². The number of benzene rings is 1. The minimum atomic E-state index is -0.165. The molecule has 0 spiro atoms. The molecule has 0 saturated heterocycles. The minimum Gasteiger partial charge on any atom is -0.496 e. The molecule has 1 aliphatic carbocycles. The fraction of sp³-hybridized carbons (Fsp3) is 0.500. The summed E-state index contributed by atoms with van der Waals surface area (Å²) in [4.78, 5) is 0. The van der Waals surface area contributed by atoms with Gasteiger partial charge in [0, 0.05) is 17.5 Å². The third-order valence-electron chi connectivity index (χ3n) is 3.29. The summed E-state index contributed by atoms with van der Waals surface area (Å²) in [6.07, 6.45) is 1.92. The highest BCUT2D eigenvalue weighted by Crippen LogP contribution is 2.51. The molecule has 0 amide bonds. The lowest BCUT2D eigenvalue weighted by Gasteiger charge is -2.18. The van der Waals surface area contributed by atoms with Crippen LogP contribution in [0.15, 0.2) is 12.1 Å². The Morgan fingerprint density at radius 2 is 2.13 bits per heavy atom. The molecule has 1 fully saturated rings. The van der Waals surface area contributed by atoms with Crippen molar-refractivity contribution in [2.24, 2.45) is 5.73 Å². The molecule has 0 heterocycles. The van der Waals surface area contributed by atoms with Crippen LogP contribution in [-0.4, -0.2) is 13.7 Å².